The molecular formula is C56H35OP. The number of hydrogen-bond donors (Lipinski definition) is 0. The van der Waals surface area contributed by atoms with E-state index in [2.05, 4.69) is 212 Å². The van der Waals surface area contributed by atoms with E-state index in [1.165, 1.54) is 59.4 Å². The van der Waals surface area contributed by atoms with Crippen molar-refractivity contribution in [2.24, 2.45) is 0 Å². The Morgan fingerprint density at radius 1 is 0.241 bits per heavy atom. The standard InChI is InChI=1S/C56H35OP/c57-58(43-28-23-39-19-17-36-9-2-5-13-46(36)53(39)33-43,44-29-24-40-20-18-37-10-3-6-14-47(37)54(40)34-44)42-26-21-41(22-27-42)55-35-56-51-30-25-38-11-1-4-12-45(38)50(51)31-32-52(56)48-15-7-8-16-49(48)55/h1-35H. The first kappa shape index (κ1) is 33.1. The van der Waals surface area contributed by atoms with Gasteiger partial charge in [0.1, 0.15) is 0 Å². The molecule has 58 heavy (non-hydrogen) atoms. The van der Waals surface area contributed by atoms with Gasteiger partial charge >= 0.3 is 0 Å². The van der Waals surface area contributed by atoms with Crippen LogP contribution in [0.25, 0.3) is 97.3 Å². The maximum atomic E-state index is 16.5. The fourth-order valence-corrected chi connectivity index (χ4v) is 12.2. The van der Waals surface area contributed by atoms with Crippen LogP contribution in [-0.2, 0) is 4.57 Å². The van der Waals surface area contributed by atoms with E-state index in [0.29, 0.717) is 0 Å². The minimum atomic E-state index is -3.40. The smallest absolute Gasteiger partial charge is 0.171 e. The lowest BCUT2D eigenvalue weighted by Crippen LogP contribution is -2.25. The van der Waals surface area contributed by atoms with Gasteiger partial charge in [-0.15, -0.1) is 0 Å². The van der Waals surface area contributed by atoms with E-state index >= 15 is 4.57 Å². The van der Waals surface area contributed by atoms with Crippen LogP contribution in [0.1, 0.15) is 0 Å². The quantitative estimate of drug-likeness (QED) is 0.129. The highest BCUT2D eigenvalue weighted by Crippen LogP contribution is 2.46. The van der Waals surface area contributed by atoms with Crippen molar-refractivity contribution in [1.29, 1.82) is 0 Å². The van der Waals surface area contributed by atoms with E-state index in [4.69, 9.17) is 0 Å². The monoisotopic (exact) mass is 754 g/mol. The number of hydrogen-bond acceptors (Lipinski definition) is 1. The van der Waals surface area contributed by atoms with Crippen LogP contribution in [0.2, 0.25) is 0 Å². The van der Waals surface area contributed by atoms with Crippen molar-refractivity contribution in [1.82, 2.24) is 0 Å². The lowest BCUT2D eigenvalue weighted by atomic mass is 9.90. The first-order valence-corrected chi connectivity index (χ1v) is 21.6. The molecule has 0 aromatic heterocycles. The molecule has 12 aromatic rings. The molecule has 0 aliphatic heterocycles. The molecule has 0 bridgehead atoms. The lowest BCUT2D eigenvalue weighted by molar-refractivity contribution is 0.592. The molecule has 0 N–H and O–H groups in total. The molecule has 0 aliphatic rings. The highest BCUT2D eigenvalue weighted by molar-refractivity contribution is 7.85. The Bertz CT molecular complexity index is 3590. The summed E-state index contributed by atoms with van der Waals surface area (Å²) in [7, 11) is -3.40. The Labute approximate surface area is 335 Å². The third-order valence-electron chi connectivity index (χ3n) is 12.5. The third-order valence-corrected chi connectivity index (χ3v) is 15.5. The summed E-state index contributed by atoms with van der Waals surface area (Å²) in [4.78, 5) is 0. The van der Waals surface area contributed by atoms with Crippen molar-refractivity contribution in [2.75, 3.05) is 0 Å². The molecular weight excluding hydrogens is 720 g/mol. The van der Waals surface area contributed by atoms with Gasteiger partial charge in [-0.05, 0) is 116 Å². The van der Waals surface area contributed by atoms with Crippen molar-refractivity contribution in [2.45, 2.75) is 0 Å². The first-order chi connectivity index (χ1) is 28.6. The minimum Gasteiger partial charge on any atom is -0.309 e. The summed E-state index contributed by atoms with van der Waals surface area (Å²) in [6.45, 7) is 0. The highest BCUT2D eigenvalue weighted by Gasteiger charge is 2.31. The average molecular weight is 755 g/mol. The molecule has 0 heterocycles. The van der Waals surface area contributed by atoms with Gasteiger partial charge in [-0.3, -0.25) is 0 Å². The van der Waals surface area contributed by atoms with Crippen LogP contribution in [0.4, 0.5) is 0 Å². The zero-order valence-electron chi connectivity index (χ0n) is 31.6. The van der Waals surface area contributed by atoms with Crippen LogP contribution < -0.4 is 15.9 Å². The van der Waals surface area contributed by atoms with Crippen molar-refractivity contribution in [3.8, 4) is 11.1 Å². The van der Waals surface area contributed by atoms with Gasteiger partial charge in [0.05, 0.1) is 0 Å². The summed E-state index contributed by atoms with van der Waals surface area (Å²) in [5.74, 6) is 0. The van der Waals surface area contributed by atoms with Crippen LogP contribution in [0.15, 0.2) is 212 Å². The van der Waals surface area contributed by atoms with E-state index in [1.54, 1.807) is 0 Å². The van der Waals surface area contributed by atoms with E-state index in [-0.39, 0.29) is 0 Å². The average Bonchev–Trinajstić information content (AvgIpc) is 3.30. The molecule has 0 radical (unpaired) electrons. The Morgan fingerprint density at radius 2 is 0.586 bits per heavy atom. The molecule has 0 fully saturated rings. The predicted octanol–water partition coefficient (Wildman–Crippen LogP) is 14.2. The molecule has 0 aliphatic carbocycles. The van der Waals surface area contributed by atoms with Crippen LogP contribution in [0.3, 0.4) is 0 Å². The first-order valence-electron chi connectivity index (χ1n) is 19.9. The number of rotatable bonds is 4. The summed E-state index contributed by atoms with van der Waals surface area (Å²) in [6, 6.07) is 75.9. The van der Waals surface area contributed by atoms with Gasteiger partial charge in [0, 0.05) is 15.9 Å². The van der Waals surface area contributed by atoms with Crippen molar-refractivity contribution >= 4 is 109 Å². The maximum absolute atomic E-state index is 16.5. The topological polar surface area (TPSA) is 17.1 Å². The van der Waals surface area contributed by atoms with Gasteiger partial charge in [0.15, 0.2) is 7.14 Å². The predicted molar refractivity (Wildman–Crippen MR) is 251 cm³/mol. The molecule has 0 amide bonds. The summed E-state index contributed by atoms with van der Waals surface area (Å²) >= 11 is 0. The molecule has 270 valence electrons. The molecule has 2 heteroatoms. The Balaban J connectivity index is 1.09. The summed E-state index contributed by atoms with van der Waals surface area (Å²) in [5.41, 5.74) is 2.26. The van der Waals surface area contributed by atoms with Gasteiger partial charge in [-0.25, -0.2) is 0 Å². The highest BCUT2D eigenvalue weighted by atomic mass is 31.2. The number of fused-ring (bicyclic) bond motifs is 13. The second-order valence-corrected chi connectivity index (χ2v) is 18.3. The van der Waals surface area contributed by atoms with E-state index in [1.807, 2.05) is 0 Å². The maximum Gasteiger partial charge on any atom is 0.171 e. The second-order valence-electron chi connectivity index (χ2n) is 15.6. The van der Waals surface area contributed by atoms with Gasteiger partial charge in [-0.1, -0.05) is 194 Å². The third kappa shape index (κ3) is 4.94. The summed E-state index contributed by atoms with van der Waals surface area (Å²) in [5, 5.41) is 21.6. The molecule has 0 unspecified atom stereocenters. The molecule has 0 saturated heterocycles. The lowest BCUT2D eigenvalue weighted by Gasteiger charge is -2.22. The van der Waals surface area contributed by atoms with Crippen LogP contribution in [0, 0.1) is 0 Å². The molecule has 12 rings (SSSR count). The summed E-state index contributed by atoms with van der Waals surface area (Å²) < 4.78 is 16.5. The Morgan fingerprint density at radius 3 is 1.12 bits per heavy atom. The van der Waals surface area contributed by atoms with Crippen molar-refractivity contribution in [3.63, 3.8) is 0 Å². The SMILES string of the molecule is O=P(c1ccc(-c2cc3c(ccc4c5ccccc5ccc43)c3ccccc23)cc1)(c1ccc2ccc3ccccc3c2c1)c1ccc2ccc3ccccc3c2c1. The normalized spacial score (nSPS) is 12.2. The molecule has 0 saturated carbocycles. The van der Waals surface area contributed by atoms with Gasteiger partial charge in [-0.2, -0.15) is 0 Å². The van der Waals surface area contributed by atoms with E-state index in [0.717, 1.165) is 53.8 Å². The van der Waals surface area contributed by atoms with Crippen molar-refractivity contribution in [3.05, 3.63) is 212 Å². The molecule has 0 atom stereocenters. The zero-order valence-corrected chi connectivity index (χ0v) is 32.5. The fraction of sp³-hybridized carbons (Fsp3) is 0. The molecule has 12 aromatic carbocycles. The molecule has 1 nitrogen and oxygen atoms in total. The van der Waals surface area contributed by atoms with Crippen LogP contribution >= 0.6 is 7.14 Å². The van der Waals surface area contributed by atoms with Crippen LogP contribution in [-0.4, -0.2) is 0 Å². The van der Waals surface area contributed by atoms with Gasteiger partial charge < -0.3 is 4.57 Å². The fourth-order valence-electron chi connectivity index (χ4n) is 9.59. The number of benzene rings is 12. The van der Waals surface area contributed by atoms with Crippen molar-refractivity contribution < 1.29 is 4.57 Å². The molecule has 0 spiro atoms. The van der Waals surface area contributed by atoms with E-state index in [9.17, 15) is 0 Å². The largest absolute Gasteiger partial charge is 0.309 e. The van der Waals surface area contributed by atoms with Gasteiger partial charge in [0.2, 0.25) is 0 Å². The second kappa shape index (κ2) is 12.7. The zero-order chi connectivity index (χ0) is 38.4. The summed E-state index contributed by atoms with van der Waals surface area (Å²) in [6.07, 6.45) is 0. The Hall–Kier alpha value is -7.05. The van der Waals surface area contributed by atoms with Gasteiger partial charge in [0.25, 0.3) is 0 Å². The van der Waals surface area contributed by atoms with E-state index < -0.39 is 7.14 Å². The van der Waals surface area contributed by atoms with Crippen LogP contribution in [0.5, 0.6) is 0 Å². The minimum absolute atomic E-state index is 0.817. The Kier molecular flexibility index (Phi) is 7.27.